The zero-order chi connectivity index (χ0) is 8.43. The summed E-state index contributed by atoms with van der Waals surface area (Å²) in [5.74, 6) is 0.660. The average molecular weight is 156 g/mol. The third kappa shape index (κ3) is 1.71. The average Bonchev–Trinajstić information content (AvgIpc) is 1.85. The minimum Gasteiger partial charge on any atom is -0.355 e. The number of carbonyl (C=O) groups is 1. The van der Waals surface area contributed by atoms with Crippen LogP contribution in [0.2, 0.25) is 0 Å². The molecule has 0 aromatic rings. The molecule has 0 bridgehead atoms. The van der Waals surface area contributed by atoms with Gasteiger partial charge in [0.05, 0.1) is 6.04 Å². The van der Waals surface area contributed by atoms with Crippen LogP contribution in [0.5, 0.6) is 0 Å². The zero-order valence-corrected chi connectivity index (χ0v) is 7.42. The SMILES string of the molecule is C[C@@H]1CCNC(=O)[C@H]1N(C)C. The summed E-state index contributed by atoms with van der Waals surface area (Å²) in [5.41, 5.74) is 0. The van der Waals surface area contributed by atoms with E-state index in [9.17, 15) is 4.79 Å². The van der Waals surface area contributed by atoms with E-state index >= 15 is 0 Å². The van der Waals surface area contributed by atoms with E-state index in [0.717, 1.165) is 13.0 Å². The molecule has 0 unspecified atom stereocenters. The molecule has 1 heterocycles. The van der Waals surface area contributed by atoms with E-state index < -0.39 is 0 Å². The van der Waals surface area contributed by atoms with Gasteiger partial charge in [0, 0.05) is 6.54 Å². The number of nitrogens with zero attached hydrogens (tertiary/aromatic N) is 1. The second-order valence-electron chi connectivity index (χ2n) is 3.47. The quantitative estimate of drug-likeness (QED) is 0.583. The molecule has 64 valence electrons. The highest BCUT2D eigenvalue weighted by atomic mass is 16.2. The van der Waals surface area contributed by atoms with Crippen molar-refractivity contribution in [1.29, 1.82) is 0 Å². The molecule has 1 N–H and O–H groups in total. The molecule has 0 saturated carbocycles. The molecule has 0 aromatic carbocycles. The maximum absolute atomic E-state index is 11.3. The smallest absolute Gasteiger partial charge is 0.237 e. The molecular formula is C8H16N2O. The topological polar surface area (TPSA) is 32.3 Å². The Kier molecular flexibility index (Phi) is 2.49. The van der Waals surface area contributed by atoms with Crippen LogP contribution in [0.15, 0.2) is 0 Å². The van der Waals surface area contributed by atoms with Gasteiger partial charge >= 0.3 is 0 Å². The Morgan fingerprint density at radius 3 is 2.55 bits per heavy atom. The Morgan fingerprint density at radius 2 is 2.18 bits per heavy atom. The fourth-order valence-electron chi connectivity index (χ4n) is 1.69. The molecule has 1 fully saturated rings. The first-order valence-corrected chi connectivity index (χ1v) is 4.07. The van der Waals surface area contributed by atoms with E-state index in [1.54, 1.807) is 0 Å². The Labute approximate surface area is 67.8 Å². The van der Waals surface area contributed by atoms with E-state index in [1.807, 2.05) is 19.0 Å². The Hall–Kier alpha value is -0.570. The predicted molar refractivity (Wildman–Crippen MR) is 44.3 cm³/mol. The van der Waals surface area contributed by atoms with E-state index in [1.165, 1.54) is 0 Å². The van der Waals surface area contributed by atoms with E-state index in [4.69, 9.17) is 0 Å². The maximum atomic E-state index is 11.3. The predicted octanol–water partition coefficient (Wildman–Crippen LogP) is 0.0726. The summed E-state index contributed by atoms with van der Waals surface area (Å²) >= 11 is 0. The van der Waals surface area contributed by atoms with Crippen LogP contribution in [0.3, 0.4) is 0 Å². The number of carbonyl (C=O) groups excluding carboxylic acids is 1. The monoisotopic (exact) mass is 156 g/mol. The molecule has 0 spiro atoms. The van der Waals surface area contributed by atoms with Crippen LogP contribution in [0.25, 0.3) is 0 Å². The van der Waals surface area contributed by atoms with E-state index in [0.29, 0.717) is 5.92 Å². The fraction of sp³-hybridized carbons (Fsp3) is 0.875. The molecule has 0 aliphatic carbocycles. The number of hydrogen-bond donors (Lipinski definition) is 1. The van der Waals surface area contributed by atoms with Crippen molar-refractivity contribution in [3.8, 4) is 0 Å². The summed E-state index contributed by atoms with van der Waals surface area (Å²) in [5, 5.41) is 2.86. The summed E-state index contributed by atoms with van der Waals surface area (Å²) in [4.78, 5) is 13.3. The van der Waals surface area contributed by atoms with Gasteiger partial charge in [0.1, 0.15) is 0 Å². The van der Waals surface area contributed by atoms with Gasteiger partial charge in [-0.05, 0) is 26.4 Å². The van der Waals surface area contributed by atoms with Gasteiger partial charge in [-0.2, -0.15) is 0 Å². The van der Waals surface area contributed by atoms with Crippen LogP contribution >= 0.6 is 0 Å². The van der Waals surface area contributed by atoms with Gasteiger partial charge in [-0.3, -0.25) is 9.69 Å². The van der Waals surface area contributed by atoms with Crippen molar-refractivity contribution in [2.45, 2.75) is 19.4 Å². The summed E-state index contributed by atoms with van der Waals surface area (Å²) in [6, 6.07) is 0.0729. The summed E-state index contributed by atoms with van der Waals surface area (Å²) in [6.45, 7) is 2.97. The third-order valence-corrected chi connectivity index (χ3v) is 2.26. The van der Waals surface area contributed by atoms with Crippen LogP contribution in [-0.2, 0) is 4.79 Å². The molecule has 3 nitrogen and oxygen atoms in total. The highest BCUT2D eigenvalue weighted by Crippen LogP contribution is 2.15. The summed E-state index contributed by atoms with van der Waals surface area (Å²) in [7, 11) is 3.90. The third-order valence-electron chi connectivity index (χ3n) is 2.26. The normalized spacial score (nSPS) is 32.2. The van der Waals surface area contributed by atoms with Gasteiger partial charge in [0.15, 0.2) is 0 Å². The number of rotatable bonds is 1. The molecule has 0 aromatic heterocycles. The van der Waals surface area contributed by atoms with Crippen molar-refractivity contribution in [2.75, 3.05) is 20.6 Å². The van der Waals surface area contributed by atoms with Crippen molar-refractivity contribution in [3.05, 3.63) is 0 Å². The van der Waals surface area contributed by atoms with Crippen LogP contribution in [-0.4, -0.2) is 37.5 Å². The first kappa shape index (κ1) is 8.53. The standard InChI is InChI=1S/C8H16N2O/c1-6-4-5-9-8(11)7(6)10(2)3/h6-7H,4-5H2,1-3H3,(H,9,11)/t6-,7+/m1/s1. The van der Waals surface area contributed by atoms with Crippen molar-refractivity contribution < 1.29 is 4.79 Å². The lowest BCUT2D eigenvalue weighted by molar-refractivity contribution is -0.129. The highest BCUT2D eigenvalue weighted by molar-refractivity contribution is 5.82. The van der Waals surface area contributed by atoms with Gasteiger partial charge in [-0.25, -0.2) is 0 Å². The highest BCUT2D eigenvalue weighted by Gasteiger charge is 2.29. The van der Waals surface area contributed by atoms with Crippen LogP contribution in [0, 0.1) is 5.92 Å². The van der Waals surface area contributed by atoms with Gasteiger partial charge in [0.25, 0.3) is 0 Å². The maximum Gasteiger partial charge on any atom is 0.237 e. The number of hydrogen-bond acceptors (Lipinski definition) is 2. The minimum atomic E-state index is 0.0729. The molecule has 1 amide bonds. The van der Waals surface area contributed by atoms with Crippen LogP contribution < -0.4 is 5.32 Å². The molecule has 1 aliphatic heterocycles. The van der Waals surface area contributed by atoms with Gasteiger partial charge < -0.3 is 5.32 Å². The largest absolute Gasteiger partial charge is 0.355 e. The molecule has 3 heteroatoms. The lowest BCUT2D eigenvalue weighted by Gasteiger charge is -2.32. The van der Waals surface area contributed by atoms with Gasteiger partial charge in [-0.15, -0.1) is 0 Å². The summed E-state index contributed by atoms with van der Waals surface area (Å²) < 4.78 is 0. The van der Waals surface area contributed by atoms with Crippen molar-refractivity contribution in [2.24, 2.45) is 5.92 Å². The van der Waals surface area contributed by atoms with Crippen molar-refractivity contribution in [3.63, 3.8) is 0 Å². The summed E-state index contributed by atoms with van der Waals surface area (Å²) in [6.07, 6.45) is 1.09. The second kappa shape index (κ2) is 3.22. The van der Waals surface area contributed by atoms with Gasteiger partial charge in [0.2, 0.25) is 5.91 Å². The molecule has 2 atom stereocenters. The Bertz CT molecular complexity index is 156. The molecule has 1 saturated heterocycles. The van der Waals surface area contributed by atoms with Crippen molar-refractivity contribution in [1.82, 2.24) is 10.2 Å². The number of likely N-dealkylation sites (N-methyl/N-ethyl adjacent to an activating group) is 1. The second-order valence-corrected chi connectivity index (χ2v) is 3.47. The minimum absolute atomic E-state index is 0.0729. The Balaban J connectivity index is 2.63. The van der Waals surface area contributed by atoms with Crippen LogP contribution in [0.4, 0.5) is 0 Å². The number of piperidine rings is 1. The van der Waals surface area contributed by atoms with Gasteiger partial charge in [-0.1, -0.05) is 6.92 Å². The zero-order valence-electron chi connectivity index (χ0n) is 7.42. The van der Waals surface area contributed by atoms with E-state index in [-0.39, 0.29) is 11.9 Å². The Morgan fingerprint density at radius 1 is 1.55 bits per heavy atom. The molecule has 0 radical (unpaired) electrons. The molecule has 1 aliphatic rings. The molecule has 11 heavy (non-hydrogen) atoms. The first-order chi connectivity index (χ1) is 5.13. The lowest BCUT2D eigenvalue weighted by Crippen LogP contribution is -2.52. The molecular weight excluding hydrogens is 140 g/mol. The van der Waals surface area contributed by atoms with E-state index in [2.05, 4.69) is 12.2 Å². The first-order valence-electron chi connectivity index (χ1n) is 4.07. The fourth-order valence-corrected chi connectivity index (χ4v) is 1.69. The lowest BCUT2D eigenvalue weighted by atomic mass is 9.93. The number of nitrogens with one attached hydrogen (secondary N) is 1. The van der Waals surface area contributed by atoms with Crippen LogP contribution in [0.1, 0.15) is 13.3 Å². The molecule has 1 rings (SSSR count). The number of amides is 1. The van der Waals surface area contributed by atoms with Crippen molar-refractivity contribution >= 4 is 5.91 Å².